The van der Waals surface area contributed by atoms with Crippen LogP contribution in [0.3, 0.4) is 0 Å². The SMILES string of the molecule is CCC(C)NC(=O)c1ccc(/C=C2/SC3CCCCC3N(Cc3cccc(Cl)c3)C2=O)cc1. The lowest BCUT2D eigenvalue weighted by Crippen LogP contribution is -2.50. The maximum absolute atomic E-state index is 13.5. The van der Waals surface area contributed by atoms with Crippen molar-refractivity contribution in [3.05, 3.63) is 75.1 Å². The number of hydrogen-bond acceptors (Lipinski definition) is 3. The first-order valence-electron chi connectivity index (χ1n) is 11.8. The number of fused-ring (bicyclic) bond motifs is 1. The van der Waals surface area contributed by atoms with Crippen molar-refractivity contribution in [3.63, 3.8) is 0 Å². The predicted octanol–water partition coefficient (Wildman–Crippen LogP) is 6.30. The number of carbonyl (C=O) groups is 2. The van der Waals surface area contributed by atoms with Crippen molar-refractivity contribution in [2.24, 2.45) is 0 Å². The van der Waals surface area contributed by atoms with Gasteiger partial charge in [-0.15, -0.1) is 11.8 Å². The minimum absolute atomic E-state index is 0.0654. The summed E-state index contributed by atoms with van der Waals surface area (Å²) in [4.78, 5) is 28.7. The standard InChI is InChI=1S/C27H31ClN2O2S/c1-3-18(2)29-26(31)21-13-11-19(12-14-21)16-25-27(32)30(17-20-7-6-8-22(28)15-20)23-9-4-5-10-24(23)33-25/h6-8,11-16,18,23-24H,3-5,9-10,17H2,1-2H3,(H,29,31)/b25-16+. The van der Waals surface area contributed by atoms with Gasteiger partial charge in [-0.1, -0.05) is 55.6 Å². The second kappa shape index (κ2) is 10.8. The Labute approximate surface area is 205 Å². The van der Waals surface area contributed by atoms with Gasteiger partial charge in [0.15, 0.2) is 0 Å². The molecule has 174 valence electrons. The highest BCUT2D eigenvalue weighted by Gasteiger charge is 2.40. The maximum Gasteiger partial charge on any atom is 0.260 e. The normalized spacial score (nSPS) is 22.7. The number of carbonyl (C=O) groups excluding carboxylic acids is 2. The van der Waals surface area contributed by atoms with Gasteiger partial charge in [0, 0.05) is 34.5 Å². The number of thioether (sulfide) groups is 1. The lowest BCUT2D eigenvalue weighted by Gasteiger charge is -2.44. The van der Waals surface area contributed by atoms with Crippen LogP contribution in [0.2, 0.25) is 5.02 Å². The van der Waals surface area contributed by atoms with Crippen LogP contribution in [-0.4, -0.2) is 34.0 Å². The Morgan fingerprint density at radius 1 is 1.21 bits per heavy atom. The number of benzene rings is 2. The van der Waals surface area contributed by atoms with Gasteiger partial charge in [0.1, 0.15) is 0 Å². The van der Waals surface area contributed by atoms with E-state index in [0.717, 1.165) is 35.3 Å². The van der Waals surface area contributed by atoms with Gasteiger partial charge in [-0.2, -0.15) is 0 Å². The van der Waals surface area contributed by atoms with Crippen LogP contribution in [0.1, 0.15) is 67.4 Å². The van der Waals surface area contributed by atoms with Crippen LogP contribution in [-0.2, 0) is 11.3 Å². The van der Waals surface area contributed by atoms with E-state index in [1.54, 1.807) is 11.8 Å². The third kappa shape index (κ3) is 5.82. The average Bonchev–Trinajstić information content (AvgIpc) is 2.82. The Balaban J connectivity index is 1.55. The van der Waals surface area contributed by atoms with Gasteiger partial charge in [0.05, 0.1) is 4.91 Å². The molecule has 2 aliphatic rings. The van der Waals surface area contributed by atoms with Gasteiger partial charge < -0.3 is 10.2 Å². The molecular formula is C27H31ClN2O2S. The molecule has 6 heteroatoms. The average molecular weight is 483 g/mol. The molecule has 2 amide bonds. The first-order chi connectivity index (χ1) is 15.9. The summed E-state index contributed by atoms with van der Waals surface area (Å²) in [6.07, 6.45) is 7.42. The molecule has 0 spiro atoms. The summed E-state index contributed by atoms with van der Waals surface area (Å²) >= 11 is 7.92. The number of amides is 2. The van der Waals surface area contributed by atoms with Crippen molar-refractivity contribution >= 4 is 41.3 Å². The van der Waals surface area contributed by atoms with E-state index in [4.69, 9.17) is 11.6 Å². The maximum atomic E-state index is 13.5. The molecule has 2 aromatic carbocycles. The summed E-state index contributed by atoms with van der Waals surface area (Å²) in [6, 6.07) is 15.7. The van der Waals surface area contributed by atoms with E-state index in [0.29, 0.717) is 22.4 Å². The quantitative estimate of drug-likeness (QED) is 0.492. The molecule has 4 nitrogen and oxygen atoms in total. The fourth-order valence-corrected chi connectivity index (χ4v) is 6.17. The van der Waals surface area contributed by atoms with E-state index in [2.05, 4.69) is 5.32 Å². The van der Waals surface area contributed by atoms with E-state index in [1.165, 1.54) is 12.8 Å². The van der Waals surface area contributed by atoms with Crippen LogP contribution in [0.15, 0.2) is 53.4 Å². The van der Waals surface area contributed by atoms with Gasteiger partial charge in [-0.05, 0) is 67.7 Å². The Hall–Kier alpha value is -2.24. The fraction of sp³-hybridized carbons (Fsp3) is 0.407. The summed E-state index contributed by atoms with van der Waals surface area (Å²) in [5, 5.41) is 4.10. The van der Waals surface area contributed by atoms with Crippen LogP contribution in [0, 0.1) is 0 Å². The zero-order chi connectivity index (χ0) is 23.4. The van der Waals surface area contributed by atoms with Crippen LogP contribution >= 0.6 is 23.4 Å². The van der Waals surface area contributed by atoms with Crippen molar-refractivity contribution < 1.29 is 9.59 Å². The Morgan fingerprint density at radius 3 is 2.70 bits per heavy atom. The molecule has 0 radical (unpaired) electrons. The van der Waals surface area contributed by atoms with Crippen molar-refractivity contribution in [2.45, 2.75) is 69.8 Å². The number of hydrogen-bond donors (Lipinski definition) is 1. The van der Waals surface area contributed by atoms with E-state index in [-0.39, 0.29) is 23.9 Å². The van der Waals surface area contributed by atoms with E-state index in [1.807, 2.05) is 73.4 Å². The fourth-order valence-electron chi connectivity index (χ4n) is 4.49. The summed E-state index contributed by atoms with van der Waals surface area (Å²) < 4.78 is 0. The Morgan fingerprint density at radius 2 is 1.97 bits per heavy atom. The highest BCUT2D eigenvalue weighted by Crippen LogP contribution is 2.42. The van der Waals surface area contributed by atoms with Gasteiger partial charge >= 0.3 is 0 Å². The van der Waals surface area contributed by atoms with Gasteiger partial charge in [-0.3, -0.25) is 9.59 Å². The Kier molecular flexibility index (Phi) is 7.82. The molecule has 33 heavy (non-hydrogen) atoms. The van der Waals surface area contributed by atoms with Crippen LogP contribution in [0.4, 0.5) is 0 Å². The van der Waals surface area contributed by atoms with Crippen LogP contribution in [0.5, 0.6) is 0 Å². The highest BCUT2D eigenvalue weighted by atomic mass is 35.5. The first-order valence-corrected chi connectivity index (χ1v) is 13.0. The summed E-state index contributed by atoms with van der Waals surface area (Å²) in [6.45, 7) is 4.62. The zero-order valence-electron chi connectivity index (χ0n) is 19.2. The predicted molar refractivity (Wildman–Crippen MR) is 137 cm³/mol. The third-order valence-electron chi connectivity index (χ3n) is 6.52. The van der Waals surface area contributed by atoms with E-state index in [9.17, 15) is 9.59 Å². The van der Waals surface area contributed by atoms with Gasteiger partial charge in [0.25, 0.3) is 11.8 Å². The molecule has 4 rings (SSSR count). The molecule has 2 aromatic rings. The number of nitrogens with zero attached hydrogens (tertiary/aromatic N) is 1. The summed E-state index contributed by atoms with van der Waals surface area (Å²) in [5.74, 6) is 0.0196. The summed E-state index contributed by atoms with van der Waals surface area (Å²) in [5.41, 5.74) is 2.63. The van der Waals surface area contributed by atoms with Gasteiger partial charge in [0.2, 0.25) is 0 Å². The van der Waals surface area contributed by atoms with Crippen molar-refractivity contribution in [1.82, 2.24) is 10.2 Å². The topological polar surface area (TPSA) is 49.4 Å². The molecular weight excluding hydrogens is 452 g/mol. The van der Waals surface area contributed by atoms with E-state index >= 15 is 0 Å². The van der Waals surface area contributed by atoms with Crippen molar-refractivity contribution in [2.75, 3.05) is 0 Å². The minimum Gasteiger partial charge on any atom is -0.350 e. The second-order valence-corrected chi connectivity index (χ2v) is 10.7. The molecule has 1 aliphatic heterocycles. The second-order valence-electron chi connectivity index (χ2n) is 8.98. The molecule has 2 fully saturated rings. The van der Waals surface area contributed by atoms with Gasteiger partial charge in [-0.25, -0.2) is 0 Å². The molecule has 1 saturated carbocycles. The zero-order valence-corrected chi connectivity index (χ0v) is 20.8. The molecule has 0 bridgehead atoms. The van der Waals surface area contributed by atoms with Crippen LogP contribution in [0.25, 0.3) is 6.08 Å². The number of rotatable bonds is 6. The largest absolute Gasteiger partial charge is 0.350 e. The van der Waals surface area contributed by atoms with E-state index < -0.39 is 0 Å². The lowest BCUT2D eigenvalue weighted by atomic mass is 9.92. The minimum atomic E-state index is -0.0654. The summed E-state index contributed by atoms with van der Waals surface area (Å²) in [7, 11) is 0. The number of halogens is 1. The third-order valence-corrected chi connectivity index (χ3v) is 8.15. The number of nitrogens with one attached hydrogen (secondary N) is 1. The molecule has 3 atom stereocenters. The molecule has 1 N–H and O–H groups in total. The van der Waals surface area contributed by atoms with Crippen molar-refractivity contribution in [3.8, 4) is 0 Å². The first kappa shape index (κ1) is 23.9. The molecule has 1 saturated heterocycles. The molecule has 0 aromatic heterocycles. The molecule has 1 heterocycles. The lowest BCUT2D eigenvalue weighted by molar-refractivity contribution is -0.130. The smallest absolute Gasteiger partial charge is 0.260 e. The molecule has 1 aliphatic carbocycles. The monoisotopic (exact) mass is 482 g/mol. The molecule has 3 unspecified atom stereocenters. The van der Waals surface area contributed by atoms with Crippen molar-refractivity contribution in [1.29, 1.82) is 0 Å². The van der Waals surface area contributed by atoms with Crippen LogP contribution < -0.4 is 5.32 Å². The highest BCUT2D eigenvalue weighted by molar-refractivity contribution is 8.04. The Bertz CT molecular complexity index is 1040.